The van der Waals surface area contributed by atoms with E-state index in [9.17, 15) is 9.59 Å². The quantitative estimate of drug-likeness (QED) is 0.779. The van der Waals surface area contributed by atoms with Crippen LogP contribution in [0.2, 0.25) is 0 Å². The van der Waals surface area contributed by atoms with Gasteiger partial charge in [0.2, 0.25) is 0 Å². The summed E-state index contributed by atoms with van der Waals surface area (Å²) >= 11 is 0. The fourth-order valence-electron chi connectivity index (χ4n) is 3.33. The van der Waals surface area contributed by atoms with Crippen LogP contribution in [0.5, 0.6) is 5.75 Å². The monoisotopic (exact) mass is 346 g/mol. The van der Waals surface area contributed by atoms with Crippen molar-refractivity contribution in [2.45, 2.75) is 38.4 Å². The summed E-state index contributed by atoms with van der Waals surface area (Å²) < 4.78 is 21.0. The maximum Gasteiger partial charge on any atom is 0.508 e. The van der Waals surface area contributed by atoms with Crippen molar-refractivity contribution >= 4 is 17.5 Å². The molecule has 1 saturated carbocycles. The average molecular weight is 346 g/mol. The normalized spacial score (nSPS) is 25.3. The molecule has 3 unspecified atom stereocenters. The Hall–Kier alpha value is -2.50. The van der Waals surface area contributed by atoms with Crippen LogP contribution in [-0.2, 0) is 19.0 Å². The standard InChI is InChI=1S/C19H22O6/c1-3-23-19(21)25-14-8-9-15-17(10-14)24-11-16(18(15)20)12-4-6-13(22-2)7-5-12/h4-7,11,14-15,17H,3,8-10H2,1-2H3. The van der Waals surface area contributed by atoms with E-state index in [0.717, 1.165) is 11.3 Å². The van der Waals surface area contributed by atoms with Crippen LogP contribution in [0.1, 0.15) is 31.7 Å². The molecule has 0 N–H and O–H groups in total. The van der Waals surface area contributed by atoms with E-state index >= 15 is 0 Å². The molecule has 6 nitrogen and oxygen atoms in total. The van der Waals surface area contributed by atoms with E-state index in [-0.39, 0.29) is 30.5 Å². The third kappa shape index (κ3) is 3.78. The molecule has 0 saturated heterocycles. The molecule has 0 bridgehead atoms. The average Bonchev–Trinajstić information content (AvgIpc) is 2.62. The fraction of sp³-hybridized carbons (Fsp3) is 0.474. The van der Waals surface area contributed by atoms with Crippen LogP contribution in [-0.4, -0.2) is 37.9 Å². The van der Waals surface area contributed by atoms with Crippen molar-refractivity contribution < 1.29 is 28.5 Å². The number of benzene rings is 1. The Morgan fingerprint density at radius 3 is 2.68 bits per heavy atom. The minimum absolute atomic E-state index is 0.0796. The Bertz CT molecular complexity index is 663. The molecule has 3 atom stereocenters. The van der Waals surface area contributed by atoms with Crippen LogP contribution >= 0.6 is 0 Å². The first-order valence-electron chi connectivity index (χ1n) is 8.50. The number of allylic oxidation sites excluding steroid dienone is 1. The predicted molar refractivity (Wildman–Crippen MR) is 90.1 cm³/mol. The van der Waals surface area contributed by atoms with E-state index in [4.69, 9.17) is 18.9 Å². The van der Waals surface area contributed by atoms with Gasteiger partial charge in [0.1, 0.15) is 18.0 Å². The van der Waals surface area contributed by atoms with E-state index in [1.165, 1.54) is 6.26 Å². The zero-order valence-corrected chi connectivity index (χ0v) is 14.4. The Kier molecular flexibility index (Phi) is 5.26. The predicted octanol–water partition coefficient (Wildman–Crippen LogP) is 3.35. The Morgan fingerprint density at radius 1 is 1.24 bits per heavy atom. The van der Waals surface area contributed by atoms with Crippen LogP contribution < -0.4 is 4.74 Å². The van der Waals surface area contributed by atoms with Gasteiger partial charge in [-0.15, -0.1) is 0 Å². The number of fused-ring (bicyclic) bond motifs is 1. The summed E-state index contributed by atoms with van der Waals surface area (Å²) in [6.07, 6.45) is 2.08. The van der Waals surface area contributed by atoms with Crippen LogP contribution in [0.15, 0.2) is 30.5 Å². The third-order valence-corrected chi connectivity index (χ3v) is 4.63. The molecule has 134 valence electrons. The highest BCUT2D eigenvalue weighted by Gasteiger charge is 2.41. The van der Waals surface area contributed by atoms with Gasteiger partial charge in [-0.3, -0.25) is 4.79 Å². The molecule has 6 heteroatoms. The molecule has 0 amide bonds. The molecule has 1 aliphatic heterocycles. The summed E-state index contributed by atoms with van der Waals surface area (Å²) in [6.45, 7) is 2.01. The highest BCUT2D eigenvalue weighted by atomic mass is 16.7. The summed E-state index contributed by atoms with van der Waals surface area (Å²) in [6, 6.07) is 7.34. The molecule has 0 radical (unpaired) electrons. The number of ketones is 1. The number of ether oxygens (including phenoxy) is 4. The number of Topliss-reactive ketones (excluding diaryl/α,β-unsaturated/α-hetero) is 1. The Morgan fingerprint density at radius 2 is 2.00 bits per heavy atom. The summed E-state index contributed by atoms with van der Waals surface area (Å²) in [5.74, 6) is 0.614. The molecule has 1 aliphatic carbocycles. The van der Waals surface area contributed by atoms with E-state index in [1.54, 1.807) is 14.0 Å². The molecule has 25 heavy (non-hydrogen) atoms. The first kappa shape index (κ1) is 17.3. The molecule has 3 rings (SSSR count). The maximum atomic E-state index is 12.8. The lowest BCUT2D eigenvalue weighted by Crippen LogP contribution is -2.42. The van der Waals surface area contributed by atoms with Gasteiger partial charge < -0.3 is 18.9 Å². The van der Waals surface area contributed by atoms with Gasteiger partial charge in [-0.1, -0.05) is 12.1 Å². The smallest absolute Gasteiger partial charge is 0.497 e. The van der Waals surface area contributed by atoms with Crippen LogP contribution in [0, 0.1) is 5.92 Å². The van der Waals surface area contributed by atoms with Crippen molar-refractivity contribution in [2.75, 3.05) is 13.7 Å². The molecule has 1 aromatic carbocycles. The lowest BCUT2D eigenvalue weighted by molar-refractivity contribution is -0.127. The maximum absolute atomic E-state index is 12.8. The molecular weight excluding hydrogens is 324 g/mol. The van der Waals surface area contributed by atoms with Crippen LogP contribution in [0.4, 0.5) is 4.79 Å². The van der Waals surface area contributed by atoms with Gasteiger partial charge in [0.25, 0.3) is 0 Å². The zero-order chi connectivity index (χ0) is 17.8. The summed E-state index contributed by atoms with van der Waals surface area (Å²) in [5.41, 5.74) is 1.39. The lowest BCUT2D eigenvalue weighted by Gasteiger charge is -2.37. The lowest BCUT2D eigenvalue weighted by atomic mass is 9.78. The van der Waals surface area contributed by atoms with Gasteiger partial charge >= 0.3 is 6.16 Å². The van der Waals surface area contributed by atoms with Crippen molar-refractivity contribution in [1.29, 1.82) is 0 Å². The van der Waals surface area contributed by atoms with Gasteiger partial charge in [0.15, 0.2) is 5.78 Å². The first-order chi connectivity index (χ1) is 12.1. The van der Waals surface area contributed by atoms with E-state index < -0.39 is 6.16 Å². The number of methoxy groups -OCH3 is 1. The molecule has 0 spiro atoms. The molecule has 0 aromatic heterocycles. The van der Waals surface area contributed by atoms with Gasteiger partial charge in [-0.2, -0.15) is 0 Å². The van der Waals surface area contributed by atoms with Crippen molar-refractivity contribution in [3.63, 3.8) is 0 Å². The summed E-state index contributed by atoms with van der Waals surface area (Å²) in [5, 5.41) is 0. The van der Waals surface area contributed by atoms with E-state index in [0.29, 0.717) is 24.8 Å². The van der Waals surface area contributed by atoms with E-state index in [2.05, 4.69) is 0 Å². The number of carbonyl (C=O) groups is 2. The largest absolute Gasteiger partial charge is 0.508 e. The number of rotatable bonds is 4. The number of carbonyl (C=O) groups excluding carboxylic acids is 2. The SMILES string of the molecule is CCOC(=O)OC1CCC2C(=O)C(c3ccc(OC)cc3)=COC2C1. The minimum Gasteiger partial charge on any atom is -0.497 e. The van der Waals surface area contributed by atoms with Crippen molar-refractivity contribution in [3.05, 3.63) is 36.1 Å². The van der Waals surface area contributed by atoms with Gasteiger partial charge in [0, 0.05) is 6.42 Å². The van der Waals surface area contributed by atoms with Gasteiger partial charge in [-0.25, -0.2) is 4.79 Å². The summed E-state index contributed by atoms with van der Waals surface area (Å²) in [7, 11) is 1.60. The number of hydrogen-bond acceptors (Lipinski definition) is 6. The molecule has 1 fully saturated rings. The molecule has 1 aromatic rings. The molecule has 1 heterocycles. The van der Waals surface area contributed by atoms with Gasteiger partial charge in [-0.05, 0) is 37.5 Å². The number of hydrogen-bond donors (Lipinski definition) is 0. The van der Waals surface area contributed by atoms with E-state index in [1.807, 2.05) is 24.3 Å². The van der Waals surface area contributed by atoms with Crippen molar-refractivity contribution in [3.8, 4) is 5.75 Å². The second-order valence-corrected chi connectivity index (χ2v) is 6.14. The van der Waals surface area contributed by atoms with Crippen molar-refractivity contribution in [1.82, 2.24) is 0 Å². The second-order valence-electron chi connectivity index (χ2n) is 6.14. The fourth-order valence-corrected chi connectivity index (χ4v) is 3.33. The highest BCUT2D eigenvalue weighted by molar-refractivity contribution is 6.22. The summed E-state index contributed by atoms with van der Waals surface area (Å²) in [4.78, 5) is 24.3. The first-order valence-corrected chi connectivity index (χ1v) is 8.50. The van der Waals surface area contributed by atoms with Gasteiger partial charge in [0.05, 0.1) is 31.5 Å². The molecule has 2 aliphatic rings. The second kappa shape index (κ2) is 7.59. The van der Waals surface area contributed by atoms with Crippen molar-refractivity contribution in [2.24, 2.45) is 5.92 Å². The molecular formula is C19H22O6. The zero-order valence-electron chi connectivity index (χ0n) is 14.4. The highest BCUT2D eigenvalue weighted by Crippen LogP contribution is 2.37. The Balaban J connectivity index is 1.68. The van der Waals surface area contributed by atoms with Crippen LogP contribution in [0.25, 0.3) is 5.57 Å². The topological polar surface area (TPSA) is 71.1 Å². The third-order valence-electron chi connectivity index (χ3n) is 4.63. The Labute approximate surface area is 146 Å². The minimum atomic E-state index is -0.664. The van der Waals surface area contributed by atoms with Crippen LogP contribution in [0.3, 0.4) is 0 Å².